The monoisotopic (exact) mass is 1080 g/mol. The number of fused-ring (bicyclic) bond motifs is 1. The van der Waals surface area contributed by atoms with Gasteiger partial charge in [0.25, 0.3) is 5.91 Å². The third-order valence-electron chi connectivity index (χ3n) is 12.6. The number of nitrogens with one attached hydrogen (secondary N) is 7. The van der Waals surface area contributed by atoms with Gasteiger partial charge in [-0.2, -0.15) is 0 Å². The van der Waals surface area contributed by atoms with Crippen LogP contribution in [0.3, 0.4) is 0 Å². The van der Waals surface area contributed by atoms with Gasteiger partial charge in [-0.3, -0.25) is 38.4 Å². The molecule has 1 saturated heterocycles. The number of aromatic amines is 1. The van der Waals surface area contributed by atoms with Crippen LogP contribution >= 0.6 is 21.6 Å². The summed E-state index contributed by atoms with van der Waals surface area (Å²) in [5.74, 6) is -9.57. The number of aromatic nitrogens is 1. The fourth-order valence-corrected chi connectivity index (χ4v) is 10.6. The minimum absolute atomic E-state index is 0.0659. The lowest BCUT2D eigenvalue weighted by molar-refractivity contribution is -0.403. The number of carbonyl (C=O) groups is 9. The molecule has 1 fully saturated rings. The molecule has 22 nitrogen and oxygen atoms in total. The van der Waals surface area contributed by atoms with E-state index in [1.54, 1.807) is 50.4 Å². The van der Waals surface area contributed by atoms with Crippen LogP contribution in [0.4, 0.5) is 0 Å². The zero-order valence-electron chi connectivity index (χ0n) is 42.0. The molecule has 24 heteroatoms. The number of para-hydroxylation sites is 1. The van der Waals surface area contributed by atoms with E-state index in [-0.39, 0.29) is 42.9 Å². The van der Waals surface area contributed by atoms with Gasteiger partial charge < -0.3 is 68.6 Å². The highest BCUT2D eigenvalue weighted by Crippen LogP contribution is 2.25. The zero-order valence-corrected chi connectivity index (χ0v) is 43.7. The van der Waals surface area contributed by atoms with Crippen molar-refractivity contribution in [2.45, 2.75) is 107 Å². The van der Waals surface area contributed by atoms with Gasteiger partial charge in [0.2, 0.25) is 35.4 Å². The number of unbranched alkanes of at least 4 members (excludes halogenated alkanes) is 1. The third-order valence-corrected chi connectivity index (χ3v) is 15.0. The smallest absolute Gasteiger partial charge is 0.326 e. The molecule has 4 aromatic rings. The Morgan fingerprint density at radius 3 is 2.03 bits per heavy atom. The highest BCUT2D eigenvalue weighted by Gasteiger charge is 2.38. The van der Waals surface area contributed by atoms with Gasteiger partial charge in [-0.15, -0.1) is 0 Å². The van der Waals surface area contributed by atoms with Crippen molar-refractivity contribution in [2.75, 3.05) is 25.1 Å². The molecule has 2 heterocycles. The minimum atomic E-state index is -1.47. The van der Waals surface area contributed by atoms with E-state index in [0.717, 1.165) is 32.5 Å². The lowest BCUT2D eigenvalue weighted by Gasteiger charge is -2.33. The van der Waals surface area contributed by atoms with Crippen LogP contribution in [0.15, 0.2) is 85.1 Å². The first-order valence-corrected chi connectivity index (χ1v) is 27.0. The topological polar surface area (TPSA) is 361 Å². The molecule has 0 saturated carbocycles. The van der Waals surface area contributed by atoms with Crippen molar-refractivity contribution in [1.29, 1.82) is 0 Å². The second kappa shape index (κ2) is 28.5. The van der Waals surface area contributed by atoms with Gasteiger partial charge in [-0.25, -0.2) is 4.79 Å². The number of hydrogen-bond donors (Lipinski definition) is 12. The molecule has 0 unspecified atom stereocenters. The number of benzene rings is 3. The van der Waals surface area contributed by atoms with Gasteiger partial charge in [-0.05, 0) is 60.1 Å². The fourth-order valence-electron chi connectivity index (χ4n) is 8.28. The van der Waals surface area contributed by atoms with Crippen molar-refractivity contribution in [3.63, 3.8) is 0 Å². The number of H-pyrrole nitrogens is 1. The first-order chi connectivity index (χ1) is 35.8. The Kier molecular flexibility index (Phi) is 22.3. The summed E-state index contributed by atoms with van der Waals surface area (Å²) in [6, 6.07) is 10.9. The lowest BCUT2D eigenvalue weighted by atomic mass is 9.99. The summed E-state index contributed by atoms with van der Waals surface area (Å²) < 4.78 is 0. The van der Waals surface area contributed by atoms with Crippen molar-refractivity contribution in [3.05, 3.63) is 102 Å². The number of carbonyl (C=O) groups excluding carboxylic acids is 7. The number of carboxylic acids is 2. The summed E-state index contributed by atoms with van der Waals surface area (Å²) in [6.07, 6.45) is 1.75. The molecule has 1 aromatic heterocycles. The molecule has 8 atom stereocenters. The van der Waals surface area contributed by atoms with E-state index < -0.39 is 114 Å². The first-order valence-electron chi connectivity index (χ1n) is 24.5. The van der Waals surface area contributed by atoms with Crippen molar-refractivity contribution in [3.8, 4) is 5.75 Å². The summed E-state index contributed by atoms with van der Waals surface area (Å²) in [5.41, 5.74) is 10.1. The molecule has 404 valence electrons. The normalized spacial score (nSPS) is 21.5. The van der Waals surface area contributed by atoms with E-state index in [1.807, 2.05) is 24.3 Å². The molecule has 75 heavy (non-hydrogen) atoms. The third kappa shape index (κ3) is 17.5. The quantitative estimate of drug-likeness (QED) is 0.0432. The predicted molar refractivity (Wildman–Crippen MR) is 280 cm³/mol. The van der Waals surface area contributed by atoms with E-state index in [4.69, 9.17) is 0 Å². The number of hydrogen-bond acceptors (Lipinski definition) is 12. The maximum Gasteiger partial charge on any atom is 0.326 e. The number of carboxylic acid groups (broad SMARTS) is 2. The van der Waals surface area contributed by atoms with Crippen molar-refractivity contribution < 1.29 is 69.9 Å². The van der Waals surface area contributed by atoms with Crippen molar-refractivity contribution in [2.24, 2.45) is 5.92 Å². The number of nitrogens with zero attached hydrogens (tertiary/aromatic N) is 1. The van der Waals surface area contributed by atoms with Crippen molar-refractivity contribution in [1.82, 2.24) is 41.8 Å². The van der Waals surface area contributed by atoms with Crippen LogP contribution in [-0.2, 0) is 62.4 Å². The first kappa shape index (κ1) is 58.7. The fraction of sp³-hybridized carbons (Fsp3) is 0.431. The van der Waals surface area contributed by atoms with Crippen LogP contribution in [0.2, 0.25) is 0 Å². The molecule has 3 aromatic carbocycles. The Labute approximate surface area is 441 Å². The number of rotatable bonds is 18. The molecule has 16 N–H and O–H groups in total. The second-order valence-corrected chi connectivity index (χ2v) is 21.2. The van der Waals surface area contributed by atoms with E-state index >= 15 is 9.59 Å². The van der Waals surface area contributed by atoms with Crippen LogP contribution in [0, 0.1) is 5.92 Å². The summed E-state index contributed by atoms with van der Waals surface area (Å²) in [5, 5.41) is 46.4. The molecule has 0 radical (unpaired) electrons. The molecular weight excluding hydrogens is 1010 g/mol. The molecule has 1 aliphatic rings. The van der Waals surface area contributed by atoms with Gasteiger partial charge in [0.15, 0.2) is 6.04 Å². The van der Waals surface area contributed by atoms with E-state index in [9.17, 15) is 48.9 Å². The number of aliphatic carboxylic acids is 2. The largest absolute Gasteiger partial charge is 0.508 e. The number of phenolic OH excluding ortho intramolecular Hbond substituents is 1. The number of amides is 7. The van der Waals surface area contributed by atoms with Crippen LogP contribution in [0.5, 0.6) is 5.75 Å². The van der Waals surface area contributed by atoms with Crippen LogP contribution in [0.1, 0.15) is 56.2 Å². The Bertz CT molecular complexity index is 2640. The van der Waals surface area contributed by atoms with Gasteiger partial charge in [0, 0.05) is 54.9 Å². The van der Waals surface area contributed by atoms with E-state index in [1.165, 1.54) is 36.2 Å². The molecular formula is C51H68N10O12S2+2. The van der Waals surface area contributed by atoms with E-state index in [2.05, 4.69) is 48.4 Å². The average Bonchev–Trinajstić information content (AvgIpc) is 3.79. The van der Waals surface area contributed by atoms with Crippen LogP contribution in [0.25, 0.3) is 10.9 Å². The summed E-state index contributed by atoms with van der Waals surface area (Å²) in [6.45, 7) is 3.67. The number of likely N-dealkylation sites (N-methyl/N-ethyl adjacent to an activating group) is 1. The lowest BCUT2D eigenvalue weighted by Crippen LogP contribution is -2.69. The number of quaternary nitrogens is 2. The van der Waals surface area contributed by atoms with Gasteiger partial charge in [0.05, 0.1) is 6.54 Å². The molecule has 5 rings (SSSR count). The highest BCUT2D eigenvalue weighted by atomic mass is 33.1. The summed E-state index contributed by atoms with van der Waals surface area (Å²) in [7, 11) is 3.35. The van der Waals surface area contributed by atoms with Crippen molar-refractivity contribution >= 4 is 85.8 Å². The predicted octanol–water partition coefficient (Wildman–Crippen LogP) is -0.730. The molecule has 7 amide bonds. The molecule has 0 aliphatic carbocycles. The Hall–Kier alpha value is -7.15. The highest BCUT2D eigenvalue weighted by molar-refractivity contribution is 8.76. The second-order valence-electron chi connectivity index (χ2n) is 18.7. The molecule has 0 spiro atoms. The SMILES string of the molecule is CC(C)[C@H](NC(=O)[C@@H]1CSSC[C@H](NC(=O)[C@@H]([NH3+])CC(=O)O)C(=O)N[C@@H](Cc2ccccc2)C(=O)N(C)[C@@H](Cc2c[nH]c3ccccc23)C(=O)N[C@@H](CCCC[NH3+])C(=O)N[C@@H](Cc2ccc(O)cc2)C(=O)N1)C(=O)O. The maximum atomic E-state index is 15.1. The Morgan fingerprint density at radius 2 is 1.36 bits per heavy atom. The minimum Gasteiger partial charge on any atom is -0.508 e. The molecule has 0 bridgehead atoms. The van der Waals surface area contributed by atoms with Crippen LogP contribution in [-0.4, -0.2) is 152 Å². The Balaban J connectivity index is 1.64. The number of phenols is 1. The standard InChI is InChI=1S/C51H66N10O12S2/c1-28(2)43(51(72)73)60-48(69)40-27-75-74-26-39(58-44(65)34(53)24-42(63)64)47(68)57-38(22-29-11-5-4-6-12-29)50(71)61(3)41(23-31-25-54-35-14-8-7-13-33(31)35)49(70)55-36(15-9-10-20-52)45(66)56-37(46(67)59-40)21-30-16-18-32(62)19-17-30/h4-8,11-14,16-19,25,28,34,36-41,43,54,62H,9-10,15,20-24,26-27,52-53H2,1-3H3,(H,55,70)(H,56,66)(H,57,68)(H,58,65)(H,59,67)(H,60,69)(H,63,64)(H,72,73)/p+2/t34-,36-,37-,38-,39-,40-,41-,43-/m0/s1. The Morgan fingerprint density at radius 1 is 0.747 bits per heavy atom. The van der Waals surface area contributed by atoms with E-state index in [0.29, 0.717) is 36.1 Å². The number of aromatic hydroxyl groups is 1. The van der Waals surface area contributed by atoms with Gasteiger partial charge in [0.1, 0.15) is 54.5 Å². The maximum absolute atomic E-state index is 15.1. The van der Waals surface area contributed by atoms with Crippen LogP contribution < -0.4 is 43.4 Å². The average molecular weight is 1080 g/mol. The summed E-state index contributed by atoms with van der Waals surface area (Å²) in [4.78, 5) is 130. The van der Waals surface area contributed by atoms with Gasteiger partial charge >= 0.3 is 11.9 Å². The zero-order chi connectivity index (χ0) is 54.8. The summed E-state index contributed by atoms with van der Waals surface area (Å²) >= 11 is 0. The molecule has 1 aliphatic heterocycles. The van der Waals surface area contributed by atoms with Gasteiger partial charge in [-0.1, -0.05) is 96.1 Å².